The standard InChI is InChI=1S/C8H6BrNS/c1-5-6-4-8(9)11-7(6)2-3-10-5/h2-4H,1H3. The van der Waals surface area contributed by atoms with E-state index in [0.29, 0.717) is 0 Å². The fraction of sp³-hybridized carbons (Fsp3) is 0.125. The van der Waals surface area contributed by atoms with Gasteiger partial charge < -0.3 is 0 Å². The van der Waals surface area contributed by atoms with Crippen molar-refractivity contribution in [2.24, 2.45) is 0 Å². The number of nitrogens with zero attached hydrogens (tertiary/aromatic N) is 1. The van der Waals surface area contributed by atoms with E-state index < -0.39 is 0 Å². The zero-order chi connectivity index (χ0) is 7.84. The smallest absolute Gasteiger partial charge is 0.0711 e. The maximum atomic E-state index is 4.21. The van der Waals surface area contributed by atoms with Gasteiger partial charge in [0.2, 0.25) is 0 Å². The molecule has 0 fully saturated rings. The first kappa shape index (κ1) is 7.25. The highest BCUT2D eigenvalue weighted by atomic mass is 79.9. The lowest BCUT2D eigenvalue weighted by Crippen LogP contribution is -1.76. The van der Waals surface area contributed by atoms with Crippen LogP contribution >= 0.6 is 27.3 Å². The first-order valence-corrected chi connectivity index (χ1v) is 4.89. The van der Waals surface area contributed by atoms with E-state index >= 15 is 0 Å². The minimum atomic E-state index is 1.10. The number of thiophene rings is 1. The highest BCUT2D eigenvalue weighted by molar-refractivity contribution is 9.11. The van der Waals surface area contributed by atoms with E-state index in [9.17, 15) is 0 Å². The van der Waals surface area contributed by atoms with Gasteiger partial charge in [-0.25, -0.2) is 0 Å². The normalized spacial score (nSPS) is 10.7. The molecule has 2 aromatic rings. The summed E-state index contributed by atoms with van der Waals surface area (Å²) in [6.45, 7) is 2.03. The van der Waals surface area contributed by atoms with Crippen LogP contribution in [0.15, 0.2) is 22.1 Å². The summed E-state index contributed by atoms with van der Waals surface area (Å²) in [5, 5.41) is 1.25. The molecule has 0 radical (unpaired) electrons. The highest BCUT2D eigenvalue weighted by Gasteiger charge is 2.00. The molecule has 0 saturated carbocycles. The molecule has 2 heterocycles. The van der Waals surface area contributed by atoms with Crippen LogP contribution in [0.25, 0.3) is 10.1 Å². The molecule has 0 amide bonds. The minimum absolute atomic E-state index is 1.10. The number of aryl methyl sites for hydroxylation is 1. The lowest BCUT2D eigenvalue weighted by molar-refractivity contribution is 1.24. The van der Waals surface area contributed by atoms with Crippen molar-refractivity contribution in [1.29, 1.82) is 0 Å². The first-order chi connectivity index (χ1) is 5.27. The fourth-order valence-corrected chi connectivity index (χ4v) is 2.65. The summed E-state index contributed by atoms with van der Waals surface area (Å²) >= 11 is 5.19. The second kappa shape index (κ2) is 2.57. The van der Waals surface area contributed by atoms with E-state index in [1.807, 2.05) is 19.2 Å². The summed E-state index contributed by atoms with van der Waals surface area (Å²) in [6.07, 6.45) is 1.85. The molecule has 0 aliphatic rings. The lowest BCUT2D eigenvalue weighted by Gasteiger charge is -1.90. The second-order valence-electron chi connectivity index (χ2n) is 2.36. The van der Waals surface area contributed by atoms with Crippen LogP contribution in [0.2, 0.25) is 0 Å². The molecule has 0 aliphatic carbocycles. The highest BCUT2D eigenvalue weighted by Crippen LogP contribution is 2.30. The molecule has 0 unspecified atom stereocenters. The van der Waals surface area contributed by atoms with Crippen LogP contribution in [0.4, 0.5) is 0 Å². The van der Waals surface area contributed by atoms with Crippen LogP contribution < -0.4 is 0 Å². The van der Waals surface area contributed by atoms with Crippen molar-refractivity contribution in [3.8, 4) is 0 Å². The average Bonchev–Trinajstić information content (AvgIpc) is 2.31. The van der Waals surface area contributed by atoms with Gasteiger partial charge in [0.15, 0.2) is 0 Å². The Bertz CT molecular complexity index is 394. The predicted molar refractivity (Wildman–Crippen MR) is 52.1 cm³/mol. The molecule has 0 bridgehead atoms. The topological polar surface area (TPSA) is 12.9 Å². The van der Waals surface area contributed by atoms with Gasteiger partial charge in [-0.05, 0) is 35.0 Å². The van der Waals surface area contributed by atoms with Gasteiger partial charge >= 0.3 is 0 Å². The van der Waals surface area contributed by atoms with Gasteiger partial charge in [0, 0.05) is 22.0 Å². The number of rotatable bonds is 0. The van der Waals surface area contributed by atoms with Crippen LogP contribution in [0.3, 0.4) is 0 Å². The van der Waals surface area contributed by atoms with Crippen molar-refractivity contribution in [2.45, 2.75) is 6.92 Å². The number of fused-ring (bicyclic) bond motifs is 1. The molecule has 56 valence electrons. The third-order valence-electron chi connectivity index (χ3n) is 1.61. The number of pyridine rings is 1. The van der Waals surface area contributed by atoms with Crippen molar-refractivity contribution >= 4 is 37.4 Å². The zero-order valence-electron chi connectivity index (χ0n) is 5.97. The van der Waals surface area contributed by atoms with E-state index in [1.165, 1.54) is 13.9 Å². The molecule has 1 nitrogen and oxygen atoms in total. The third kappa shape index (κ3) is 1.19. The Morgan fingerprint density at radius 3 is 3.09 bits per heavy atom. The summed E-state index contributed by atoms with van der Waals surface area (Å²) in [6, 6.07) is 4.15. The van der Waals surface area contributed by atoms with Gasteiger partial charge in [-0.2, -0.15) is 0 Å². The Morgan fingerprint density at radius 2 is 2.36 bits per heavy atom. The lowest BCUT2D eigenvalue weighted by atomic mass is 10.3. The van der Waals surface area contributed by atoms with Crippen LogP contribution in [-0.4, -0.2) is 4.98 Å². The maximum Gasteiger partial charge on any atom is 0.0711 e. The molecule has 0 aliphatic heterocycles. The molecule has 11 heavy (non-hydrogen) atoms. The van der Waals surface area contributed by atoms with Crippen LogP contribution in [0, 0.1) is 6.92 Å². The summed E-state index contributed by atoms with van der Waals surface area (Å²) in [5.74, 6) is 0. The quantitative estimate of drug-likeness (QED) is 0.673. The Hall–Kier alpha value is -0.410. The van der Waals surface area contributed by atoms with Crippen LogP contribution in [0.1, 0.15) is 5.69 Å². The number of hydrogen-bond acceptors (Lipinski definition) is 2. The average molecular weight is 228 g/mol. The van der Waals surface area contributed by atoms with Crippen molar-refractivity contribution in [3.63, 3.8) is 0 Å². The fourth-order valence-electron chi connectivity index (χ4n) is 1.07. The van der Waals surface area contributed by atoms with Crippen LogP contribution in [-0.2, 0) is 0 Å². The van der Waals surface area contributed by atoms with Crippen molar-refractivity contribution in [2.75, 3.05) is 0 Å². The van der Waals surface area contributed by atoms with Gasteiger partial charge in [0.1, 0.15) is 0 Å². The Labute approximate surface area is 77.2 Å². The number of halogens is 1. The van der Waals surface area contributed by atoms with Crippen molar-refractivity contribution < 1.29 is 0 Å². The summed E-state index contributed by atoms with van der Waals surface area (Å²) in [5.41, 5.74) is 1.10. The largest absolute Gasteiger partial charge is 0.261 e. The molecule has 0 spiro atoms. The second-order valence-corrected chi connectivity index (χ2v) is 4.82. The summed E-state index contributed by atoms with van der Waals surface area (Å²) in [7, 11) is 0. The molecule has 2 rings (SSSR count). The monoisotopic (exact) mass is 227 g/mol. The summed E-state index contributed by atoms with van der Waals surface area (Å²) in [4.78, 5) is 4.21. The summed E-state index contributed by atoms with van der Waals surface area (Å²) < 4.78 is 2.47. The predicted octanol–water partition coefficient (Wildman–Crippen LogP) is 3.37. The maximum absolute atomic E-state index is 4.21. The van der Waals surface area contributed by atoms with Gasteiger partial charge in [-0.3, -0.25) is 4.98 Å². The number of aromatic nitrogens is 1. The molecule has 0 N–H and O–H groups in total. The first-order valence-electron chi connectivity index (χ1n) is 3.28. The van der Waals surface area contributed by atoms with E-state index in [0.717, 1.165) is 5.69 Å². The molecule has 0 atom stereocenters. The van der Waals surface area contributed by atoms with E-state index in [2.05, 4.69) is 27.0 Å². The molecule has 0 saturated heterocycles. The van der Waals surface area contributed by atoms with Gasteiger partial charge in [0.25, 0.3) is 0 Å². The van der Waals surface area contributed by atoms with Crippen molar-refractivity contribution in [1.82, 2.24) is 4.98 Å². The molecule has 2 aromatic heterocycles. The van der Waals surface area contributed by atoms with E-state index in [1.54, 1.807) is 11.3 Å². The Balaban J connectivity index is 2.90. The van der Waals surface area contributed by atoms with Crippen LogP contribution in [0.5, 0.6) is 0 Å². The van der Waals surface area contributed by atoms with E-state index in [4.69, 9.17) is 0 Å². The number of hydrogen-bond donors (Lipinski definition) is 0. The molecule has 3 heteroatoms. The molecular weight excluding hydrogens is 222 g/mol. The minimum Gasteiger partial charge on any atom is -0.261 e. The Kier molecular flexibility index (Phi) is 1.69. The van der Waals surface area contributed by atoms with Crippen molar-refractivity contribution in [3.05, 3.63) is 27.8 Å². The third-order valence-corrected chi connectivity index (χ3v) is 3.22. The van der Waals surface area contributed by atoms with Gasteiger partial charge in [-0.15, -0.1) is 11.3 Å². The van der Waals surface area contributed by atoms with Gasteiger partial charge in [-0.1, -0.05) is 0 Å². The zero-order valence-corrected chi connectivity index (χ0v) is 8.37. The molecule has 0 aromatic carbocycles. The van der Waals surface area contributed by atoms with E-state index in [-0.39, 0.29) is 0 Å². The Morgan fingerprint density at radius 1 is 1.55 bits per heavy atom. The SMILES string of the molecule is Cc1nccc2sc(Br)cc12. The molecular formula is C8H6BrNS. The van der Waals surface area contributed by atoms with Gasteiger partial charge in [0.05, 0.1) is 3.79 Å².